The number of carbonyl (C=O) groups excluding carboxylic acids is 1. The Kier molecular flexibility index (Phi) is 4.14. The number of benzene rings is 2. The van der Waals surface area contributed by atoms with E-state index < -0.39 is 0 Å². The zero-order valence-corrected chi connectivity index (χ0v) is 14.0. The van der Waals surface area contributed by atoms with Crippen molar-refractivity contribution in [3.05, 3.63) is 77.1 Å². The predicted octanol–water partition coefficient (Wildman–Crippen LogP) is 3.89. The maximum absolute atomic E-state index is 12.9. The Hall–Kier alpha value is -2.46. The standard InChI is InChI=1S/C21H20FNO2/c22-18-8-5-16(6-9-18)7-10-20(24)23-13-11-21(12-14-23)19-4-2-1-3-17(19)15-25-21/h1-10H,11-15H2/b10-7+. The third-order valence-electron chi connectivity index (χ3n) is 5.18. The van der Waals surface area contributed by atoms with Crippen LogP contribution in [-0.2, 0) is 21.7 Å². The maximum atomic E-state index is 12.9. The molecule has 0 aliphatic carbocycles. The Balaban J connectivity index is 1.40. The molecule has 128 valence electrons. The van der Waals surface area contributed by atoms with Gasteiger partial charge in [-0.1, -0.05) is 36.4 Å². The molecule has 1 saturated heterocycles. The topological polar surface area (TPSA) is 29.5 Å². The van der Waals surface area contributed by atoms with E-state index in [2.05, 4.69) is 18.2 Å². The molecule has 1 spiro atoms. The lowest BCUT2D eigenvalue weighted by Gasteiger charge is -2.39. The molecule has 0 bridgehead atoms. The van der Waals surface area contributed by atoms with Crippen molar-refractivity contribution in [1.82, 2.24) is 4.90 Å². The molecule has 4 heteroatoms. The summed E-state index contributed by atoms with van der Waals surface area (Å²) >= 11 is 0. The number of halogens is 1. The van der Waals surface area contributed by atoms with Crippen LogP contribution in [0.5, 0.6) is 0 Å². The SMILES string of the molecule is O=C(/C=C/c1ccc(F)cc1)N1CCC2(CC1)OCc1ccccc12. The number of ether oxygens (including phenoxy) is 1. The summed E-state index contributed by atoms with van der Waals surface area (Å²) in [5.74, 6) is -0.285. The third-order valence-corrected chi connectivity index (χ3v) is 5.18. The Morgan fingerprint density at radius 1 is 1.08 bits per heavy atom. The van der Waals surface area contributed by atoms with Crippen molar-refractivity contribution in [2.45, 2.75) is 25.0 Å². The number of carbonyl (C=O) groups is 1. The van der Waals surface area contributed by atoms with Gasteiger partial charge in [-0.05, 0) is 47.7 Å². The Labute approximate surface area is 146 Å². The van der Waals surface area contributed by atoms with Crippen LogP contribution in [0.4, 0.5) is 4.39 Å². The van der Waals surface area contributed by atoms with E-state index in [1.807, 2.05) is 11.0 Å². The molecular weight excluding hydrogens is 317 g/mol. The van der Waals surface area contributed by atoms with Crippen LogP contribution in [0.3, 0.4) is 0 Å². The number of amides is 1. The molecule has 2 aliphatic heterocycles. The summed E-state index contributed by atoms with van der Waals surface area (Å²) in [5.41, 5.74) is 3.13. The Morgan fingerprint density at radius 3 is 2.56 bits per heavy atom. The number of hydrogen-bond donors (Lipinski definition) is 0. The number of hydrogen-bond acceptors (Lipinski definition) is 2. The predicted molar refractivity (Wildman–Crippen MR) is 94.2 cm³/mol. The first-order valence-corrected chi connectivity index (χ1v) is 8.61. The molecule has 4 rings (SSSR count). The summed E-state index contributed by atoms with van der Waals surface area (Å²) < 4.78 is 19.0. The van der Waals surface area contributed by atoms with Crippen LogP contribution in [0.25, 0.3) is 6.08 Å². The van der Waals surface area contributed by atoms with E-state index in [-0.39, 0.29) is 17.3 Å². The second-order valence-corrected chi connectivity index (χ2v) is 6.65. The summed E-state index contributed by atoms with van der Waals surface area (Å²) in [5, 5.41) is 0. The smallest absolute Gasteiger partial charge is 0.246 e. The average Bonchev–Trinajstić information content (AvgIpc) is 3.00. The molecule has 0 radical (unpaired) electrons. The lowest BCUT2D eigenvalue weighted by atomic mass is 9.84. The van der Waals surface area contributed by atoms with Crippen molar-refractivity contribution in [1.29, 1.82) is 0 Å². The average molecular weight is 337 g/mol. The zero-order chi connectivity index (χ0) is 17.3. The van der Waals surface area contributed by atoms with Crippen molar-refractivity contribution in [2.75, 3.05) is 13.1 Å². The second kappa shape index (κ2) is 6.45. The first kappa shape index (κ1) is 16.0. The van der Waals surface area contributed by atoms with Crippen molar-refractivity contribution in [2.24, 2.45) is 0 Å². The fourth-order valence-corrected chi connectivity index (χ4v) is 3.73. The van der Waals surface area contributed by atoms with E-state index in [4.69, 9.17) is 4.74 Å². The van der Waals surface area contributed by atoms with E-state index >= 15 is 0 Å². The molecule has 0 N–H and O–H groups in total. The van der Waals surface area contributed by atoms with Crippen molar-refractivity contribution >= 4 is 12.0 Å². The normalized spacial score (nSPS) is 18.7. The van der Waals surface area contributed by atoms with Gasteiger partial charge in [0.25, 0.3) is 0 Å². The van der Waals surface area contributed by atoms with E-state index in [9.17, 15) is 9.18 Å². The summed E-state index contributed by atoms with van der Waals surface area (Å²) in [6.45, 7) is 2.02. The Morgan fingerprint density at radius 2 is 1.80 bits per heavy atom. The number of fused-ring (bicyclic) bond motifs is 2. The van der Waals surface area contributed by atoms with E-state index in [1.165, 1.54) is 23.3 Å². The first-order valence-electron chi connectivity index (χ1n) is 8.61. The number of likely N-dealkylation sites (tertiary alicyclic amines) is 1. The summed E-state index contributed by atoms with van der Waals surface area (Å²) in [7, 11) is 0. The number of nitrogens with zero attached hydrogens (tertiary/aromatic N) is 1. The Bertz CT molecular complexity index is 805. The van der Waals surface area contributed by atoms with E-state index in [0.717, 1.165) is 18.4 Å². The fraction of sp³-hybridized carbons (Fsp3) is 0.286. The molecule has 0 aromatic heterocycles. The van der Waals surface area contributed by atoms with Crippen molar-refractivity contribution in [3.8, 4) is 0 Å². The molecule has 2 aromatic rings. The zero-order valence-electron chi connectivity index (χ0n) is 14.0. The van der Waals surface area contributed by atoms with Gasteiger partial charge in [-0.2, -0.15) is 0 Å². The number of piperidine rings is 1. The van der Waals surface area contributed by atoms with Crippen LogP contribution in [0.15, 0.2) is 54.6 Å². The van der Waals surface area contributed by atoms with Crippen LogP contribution >= 0.6 is 0 Å². The molecule has 0 atom stereocenters. The van der Waals surface area contributed by atoms with Crippen LogP contribution in [0.1, 0.15) is 29.5 Å². The van der Waals surface area contributed by atoms with Crippen molar-refractivity contribution in [3.63, 3.8) is 0 Å². The van der Waals surface area contributed by atoms with Crippen molar-refractivity contribution < 1.29 is 13.9 Å². The van der Waals surface area contributed by atoms with Crippen LogP contribution < -0.4 is 0 Å². The highest BCUT2D eigenvalue weighted by Crippen LogP contribution is 2.43. The molecule has 1 fully saturated rings. The van der Waals surface area contributed by atoms with Gasteiger partial charge in [-0.15, -0.1) is 0 Å². The molecule has 2 aromatic carbocycles. The van der Waals surface area contributed by atoms with E-state index in [0.29, 0.717) is 19.7 Å². The lowest BCUT2D eigenvalue weighted by Crippen LogP contribution is -2.44. The van der Waals surface area contributed by atoms with Gasteiger partial charge in [0.1, 0.15) is 5.82 Å². The maximum Gasteiger partial charge on any atom is 0.246 e. The molecule has 3 nitrogen and oxygen atoms in total. The van der Waals surface area contributed by atoms with Crippen LogP contribution in [0, 0.1) is 5.82 Å². The summed E-state index contributed by atoms with van der Waals surface area (Å²) in [6.07, 6.45) is 4.93. The van der Waals surface area contributed by atoms with Gasteiger partial charge >= 0.3 is 0 Å². The van der Waals surface area contributed by atoms with Gasteiger partial charge in [0, 0.05) is 19.2 Å². The largest absolute Gasteiger partial charge is 0.365 e. The highest BCUT2D eigenvalue weighted by molar-refractivity contribution is 5.91. The second-order valence-electron chi connectivity index (χ2n) is 6.65. The lowest BCUT2D eigenvalue weighted by molar-refractivity contribution is -0.133. The van der Waals surface area contributed by atoms with Gasteiger partial charge in [-0.3, -0.25) is 4.79 Å². The molecule has 0 saturated carbocycles. The molecule has 2 heterocycles. The molecule has 1 amide bonds. The van der Waals surface area contributed by atoms with Crippen LogP contribution in [-0.4, -0.2) is 23.9 Å². The molecule has 0 unspecified atom stereocenters. The minimum Gasteiger partial charge on any atom is -0.365 e. The van der Waals surface area contributed by atoms with Gasteiger partial charge < -0.3 is 9.64 Å². The molecular formula is C21H20FNO2. The van der Waals surface area contributed by atoms with Gasteiger partial charge in [0.15, 0.2) is 0 Å². The first-order chi connectivity index (χ1) is 12.2. The summed E-state index contributed by atoms with van der Waals surface area (Å²) in [4.78, 5) is 14.3. The minimum absolute atomic E-state index is 0.00884. The van der Waals surface area contributed by atoms with Gasteiger partial charge in [0.05, 0.1) is 12.2 Å². The fourth-order valence-electron chi connectivity index (χ4n) is 3.73. The quantitative estimate of drug-likeness (QED) is 0.778. The van der Waals surface area contributed by atoms with E-state index in [1.54, 1.807) is 24.3 Å². The monoisotopic (exact) mass is 337 g/mol. The summed E-state index contributed by atoms with van der Waals surface area (Å²) in [6, 6.07) is 14.5. The molecule has 2 aliphatic rings. The highest BCUT2D eigenvalue weighted by atomic mass is 19.1. The van der Waals surface area contributed by atoms with Crippen LogP contribution in [0.2, 0.25) is 0 Å². The molecule has 25 heavy (non-hydrogen) atoms. The number of rotatable bonds is 2. The third kappa shape index (κ3) is 3.10. The highest BCUT2D eigenvalue weighted by Gasteiger charge is 2.42. The minimum atomic E-state index is -0.276. The van der Waals surface area contributed by atoms with Gasteiger partial charge in [0.2, 0.25) is 5.91 Å². The van der Waals surface area contributed by atoms with Gasteiger partial charge in [-0.25, -0.2) is 4.39 Å².